The number of amides is 2. The first-order chi connectivity index (χ1) is 12.3. The lowest BCUT2D eigenvalue weighted by Gasteiger charge is -2.31. The molecule has 1 rings (SSSR count). The number of hydrogen-bond acceptors (Lipinski definition) is 7. The van der Waals surface area contributed by atoms with Crippen LogP contribution < -0.4 is 16.0 Å². The second-order valence-electron chi connectivity index (χ2n) is 6.63. The topological polar surface area (TPSA) is 154 Å². The molecular formula is C17H33N3O6. The largest absolute Gasteiger partial charge is 0.393 e. The fourth-order valence-electron chi connectivity index (χ4n) is 2.81. The molecule has 0 radical (unpaired) electrons. The van der Waals surface area contributed by atoms with Crippen molar-refractivity contribution in [1.82, 2.24) is 16.0 Å². The summed E-state index contributed by atoms with van der Waals surface area (Å²) < 4.78 is 0. The maximum absolute atomic E-state index is 11.8. The molecule has 1 aliphatic carbocycles. The van der Waals surface area contributed by atoms with E-state index in [4.69, 9.17) is 0 Å². The third kappa shape index (κ3) is 7.18. The van der Waals surface area contributed by atoms with Crippen LogP contribution in [0.1, 0.15) is 33.1 Å². The lowest BCUT2D eigenvalue weighted by molar-refractivity contribution is -0.0532. The molecule has 7 atom stereocenters. The Morgan fingerprint density at radius 1 is 1.19 bits per heavy atom. The molecule has 0 fully saturated rings. The highest BCUT2D eigenvalue weighted by atomic mass is 16.4. The number of rotatable bonds is 9. The van der Waals surface area contributed by atoms with Gasteiger partial charge in [0.2, 0.25) is 0 Å². The number of carbonyl (C=O) groups is 1. The molecule has 1 aliphatic rings. The van der Waals surface area contributed by atoms with E-state index in [2.05, 4.69) is 16.0 Å². The van der Waals surface area contributed by atoms with Crippen molar-refractivity contribution >= 4 is 6.03 Å². The van der Waals surface area contributed by atoms with Crippen LogP contribution in [0.2, 0.25) is 0 Å². The van der Waals surface area contributed by atoms with Crippen LogP contribution >= 0.6 is 0 Å². The normalized spacial score (nSPS) is 29.5. The molecule has 2 amide bonds. The number of nitrogens with one attached hydrogen (secondary N) is 3. The quantitative estimate of drug-likeness (QED) is 0.221. The summed E-state index contributed by atoms with van der Waals surface area (Å²) in [7, 11) is 0. The number of hydrogen-bond donors (Lipinski definition) is 8. The van der Waals surface area contributed by atoms with Gasteiger partial charge in [-0.05, 0) is 19.8 Å². The number of aliphatic hydroxyl groups excluding tert-OH is 5. The summed E-state index contributed by atoms with van der Waals surface area (Å²) in [6.07, 6.45) is -1.32. The van der Waals surface area contributed by atoms with Crippen molar-refractivity contribution in [2.75, 3.05) is 13.1 Å². The number of aliphatic hydroxyl groups is 5. The highest BCUT2D eigenvalue weighted by molar-refractivity contribution is 5.74. The smallest absolute Gasteiger partial charge is 0.315 e. The molecular weight excluding hydrogens is 342 g/mol. The molecule has 0 bridgehead atoms. The molecule has 9 nitrogen and oxygen atoms in total. The van der Waals surface area contributed by atoms with Gasteiger partial charge in [-0.2, -0.15) is 0 Å². The Bertz CT molecular complexity index is 450. The summed E-state index contributed by atoms with van der Waals surface area (Å²) >= 11 is 0. The lowest BCUT2D eigenvalue weighted by atomic mass is 10.00. The number of urea groups is 1. The Balaban J connectivity index is 2.71. The van der Waals surface area contributed by atoms with E-state index in [-0.39, 0.29) is 13.0 Å². The third-order valence-corrected chi connectivity index (χ3v) is 4.54. The predicted octanol–water partition coefficient (Wildman–Crippen LogP) is -1.80. The van der Waals surface area contributed by atoms with Crippen LogP contribution in [0.3, 0.4) is 0 Å². The van der Waals surface area contributed by atoms with Crippen molar-refractivity contribution in [3.8, 4) is 0 Å². The monoisotopic (exact) mass is 375 g/mol. The molecule has 0 saturated heterocycles. The van der Waals surface area contributed by atoms with E-state index in [9.17, 15) is 30.3 Å². The van der Waals surface area contributed by atoms with E-state index in [0.717, 1.165) is 0 Å². The Labute approximate surface area is 154 Å². The van der Waals surface area contributed by atoms with Crippen molar-refractivity contribution < 1.29 is 30.3 Å². The molecule has 0 heterocycles. The molecule has 0 aromatic carbocycles. The second-order valence-corrected chi connectivity index (χ2v) is 6.63. The van der Waals surface area contributed by atoms with E-state index in [0.29, 0.717) is 19.4 Å². The minimum absolute atomic E-state index is 0.101. The zero-order chi connectivity index (χ0) is 19.7. The summed E-state index contributed by atoms with van der Waals surface area (Å²) in [4.78, 5) is 11.8. The molecule has 7 unspecified atom stereocenters. The standard InChI is InChI=1S/C17H33N3O6/c1-3-10(21)8-14(23)12(20-17(26)18-4-2)9-19-11-6-5-7-13(22)16(25)15(11)24/h5,7,10-16,19,21-25H,3-4,6,8-9H2,1-2H3,(H2,18,20,26). The van der Waals surface area contributed by atoms with Crippen molar-refractivity contribution in [1.29, 1.82) is 0 Å². The van der Waals surface area contributed by atoms with E-state index in [1.54, 1.807) is 19.9 Å². The van der Waals surface area contributed by atoms with Crippen LogP contribution in [0, 0.1) is 0 Å². The molecule has 8 N–H and O–H groups in total. The molecule has 152 valence electrons. The van der Waals surface area contributed by atoms with Gasteiger partial charge < -0.3 is 41.5 Å². The second kappa shape index (κ2) is 11.5. The van der Waals surface area contributed by atoms with Crippen LogP contribution in [-0.2, 0) is 0 Å². The van der Waals surface area contributed by atoms with Crippen molar-refractivity contribution in [3.63, 3.8) is 0 Å². The van der Waals surface area contributed by atoms with Crippen molar-refractivity contribution in [3.05, 3.63) is 12.2 Å². The fraction of sp³-hybridized carbons (Fsp3) is 0.824. The average Bonchev–Trinajstić information content (AvgIpc) is 2.72. The zero-order valence-electron chi connectivity index (χ0n) is 15.4. The van der Waals surface area contributed by atoms with Crippen LogP contribution in [0.25, 0.3) is 0 Å². The predicted molar refractivity (Wildman–Crippen MR) is 96.5 cm³/mol. The number of carbonyl (C=O) groups excluding carboxylic acids is 1. The van der Waals surface area contributed by atoms with Gasteiger partial charge in [0, 0.05) is 25.6 Å². The van der Waals surface area contributed by atoms with Gasteiger partial charge in [-0.15, -0.1) is 0 Å². The first kappa shape index (κ1) is 22.8. The molecule has 9 heteroatoms. The minimum Gasteiger partial charge on any atom is -0.393 e. The third-order valence-electron chi connectivity index (χ3n) is 4.54. The van der Waals surface area contributed by atoms with Crippen LogP contribution in [0.15, 0.2) is 12.2 Å². The SMILES string of the molecule is CCNC(=O)NC(CNC1CC=CC(O)C(O)C1O)C(O)CC(O)CC. The van der Waals surface area contributed by atoms with Gasteiger partial charge in [-0.25, -0.2) is 4.79 Å². The zero-order valence-corrected chi connectivity index (χ0v) is 15.4. The molecule has 0 aliphatic heterocycles. The Kier molecular flexibility index (Phi) is 10.1. The molecule has 0 aromatic rings. The highest BCUT2D eigenvalue weighted by Crippen LogP contribution is 2.15. The highest BCUT2D eigenvalue weighted by Gasteiger charge is 2.33. The molecule has 0 aromatic heterocycles. The van der Waals surface area contributed by atoms with E-state index >= 15 is 0 Å². The van der Waals surface area contributed by atoms with Gasteiger partial charge in [0.1, 0.15) is 12.2 Å². The van der Waals surface area contributed by atoms with Crippen LogP contribution in [-0.4, -0.2) is 87.3 Å². The summed E-state index contributed by atoms with van der Waals surface area (Å²) in [5, 5.41) is 58.1. The van der Waals surface area contributed by atoms with Crippen molar-refractivity contribution in [2.24, 2.45) is 0 Å². The average molecular weight is 375 g/mol. The van der Waals surface area contributed by atoms with Gasteiger partial charge >= 0.3 is 6.03 Å². The summed E-state index contributed by atoms with van der Waals surface area (Å²) in [6, 6.07) is -1.70. The van der Waals surface area contributed by atoms with Crippen molar-refractivity contribution in [2.45, 2.75) is 75.7 Å². The van der Waals surface area contributed by atoms with Crippen LogP contribution in [0.4, 0.5) is 4.79 Å². The lowest BCUT2D eigenvalue weighted by Crippen LogP contribution is -2.56. The van der Waals surface area contributed by atoms with Gasteiger partial charge in [0.25, 0.3) is 0 Å². The van der Waals surface area contributed by atoms with Gasteiger partial charge in [-0.1, -0.05) is 19.1 Å². The fourth-order valence-corrected chi connectivity index (χ4v) is 2.81. The first-order valence-corrected chi connectivity index (χ1v) is 9.14. The summed E-state index contributed by atoms with van der Waals surface area (Å²) in [6.45, 7) is 4.11. The summed E-state index contributed by atoms with van der Waals surface area (Å²) in [5.41, 5.74) is 0. The Hall–Kier alpha value is -1.23. The van der Waals surface area contributed by atoms with Gasteiger partial charge in [0.15, 0.2) is 0 Å². The van der Waals surface area contributed by atoms with E-state index < -0.39 is 48.6 Å². The van der Waals surface area contributed by atoms with Gasteiger partial charge in [-0.3, -0.25) is 0 Å². The van der Waals surface area contributed by atoms with Crippen LogP contribution in [0.5, 0.6) is 0 Å². The first-order valence-electron chi connectivity index (χ1n) is 9.14. The molecule has 26 heavy (non-hydrogen) atoms. The maximum Gasteiger partial charge on any atom is 0.315 e. The van der Waals surface area contributed by atoms with E-state index in [1.807, 2.05) is 0 Å². The van der Waals surface area contributed by atoms with E-state index in [1.165, 1.54) is 6.08 Å². The maximum atomic E-state index is 11.8. The Morgan fingerprint density at radius 2 is 1.88 bits per heavy atom. The molecule has 0 saturated carbocycles. The van der Waals surface area contributed by atoms with Gasteiger partial charge in [0.05, 0.1) is 24.4 Å². The summed E-state index contributed by atoms with van der Waals surface area (Å²) in [5.74, 6) is 0. The Morgan fingerprint density at radius 3 is 2.50 bits per heavy atom. The molecule has 0 spiro atoms. The minimum atomic E-state index is -1.33.